The molecule has 0 aliphatic rings. The molecular weight excluding hydrogens is 208 g/mol. The van der Waals surface area contributed by atoms with Gasteiger partial charge in [0.25, 0.3) is 0 Å². The van der Waals surface area contributed by atoms with Crippen molar-refractivity contribution in [2.24, 2.45) is 5.92 Å². The summed E-state index contributed by atoms with van der Waals surface area (Å²) in [6.45, 7) is 10.2. The molecule has 0 heterocycles. The van der Waals surface area contributed by atoms with Crippen molar-refractivity contribution in [2.75, 3.05) is 13.2 Å². The number of unbranched alkanes of at least 4 members (excludes halogenated alkanes) is 7. The summed E-state index contributed by atoms with van der Waals surface area (Å²) in [5.41, 5.74) is 0. The fourth-order valence-electron chi connectivity index (χ4n) is 2.02. The molecule has 0 saturated heterocycles. The molecule has 0 aliphatic heterocycles. The summed E-state index contributed by atoms with van der Waals surface area (Å²) < 4.78 is 5.40. The average Bonchev–Trinajstić information content (AvgIpc) is 2.30. The summed E-state index contributed by atoms with van der Waals surface area (Å²) in [5.74, 6) is 0.883. The summed E-state index contributed by atoms with van der Waals surface area (Å²) in [4.78, 5) is 0. The third kappa shape index (κ3) is 16.0. The van der Waals surface area contributed by atoms with Crippen LogP contribution < -0.4 is 0 Å². The lowest BCUT2D eigenvalue weighted by Crippen LogP contribution is -1.95. The molecule has 0 atom stereocenters. The predicted molar refractivity (Wildman–Crippen MR) is 77.2 cm³/mol. The fraction of sp³-hybridized carbons (Fsp3) is 0.938. The zero-order valence-corrected chi connectivity index (χ0v) is 12.2. The highest BCUT2D eigenvalue weighted by Crippen LogP contribution is 2.12. The Morgan fingerprint density at radius 3 is 1.82 bits per heavy atom. The molecule has 0 spiro atoms. The van der Waals surface area contributed by atoms with Gasteiger partial charge in [-0.15, -0.1) is 0 Å². The van der Waals surface area contributed by atoms with Gasteiger partial charge in [0.15, 0.2) is 0 Å². The van der Waals surface area contributed by atoms with Crippen molar-refractivity contribution < 1.29 is 4.74 Å². The quantitative estimate of drug-likeness (QED) is 0.393. The topological polar surface area (TPSA) is 9.23 Å². The molecule has 0 aromatic rings. The maximum Gasteiger partial charge on any atom is 0.0466 e. The average molecular weight is 241 g/mol. The maximum absolute atomic E-state index is 5.40. The molecule has 0 fully saturated rings. The van der Waals surface area contributed by atoms with Gasteiger partial charge < -0.3 is 4.74 Å². The zero-order chi connectivity index (χ0) is 12.8. The van der Waals surface area contributed by atoms with E-state index in [0.29, 0.717) is 0 Å². The lowest BCUT2D eigenvalue weighted by molar-refractivity contribution is 0.134. The summed E-state index contributed by atoms with van der Waals surface area (Å²) in [5, 5.41) is 0. The second-order valence-electron chi connectivity index (χ2n) is 5.48. The predicted octanol–water partition coefficient (Wildman–Crippen LogP) is 5.39. The minimum Gasteiger partial charge on any atom is -0.381 e. The van der Waals surface area contributed by atoms with Crippen molar-refractivity contribution in [1.29, 1.82) is 0 Å². The van der Waals surface area contributed by atoms with E-state index >= 15 is 0 Å². The van der Waals surface area contributed by atoms with Crippen LogP contribution in [-0.4, -0.2) is 13.2 Å². The molecule has 0 bridgehead atoms. The van der Waals surface area contributed by atoms with Gasteiger partial charge in [-0.3, -0.25) is 0 Å². The van der Waals surface area contributed by atoms with E-state index in [0.717, 1.165) is 25.6 Å². The fourth-order valence-corrected chi connectivity index (χ4v) is 2.02. The van der Waals surface area contributed by atoms with Crippen molar-refractivity contribution in [3.05, 3.63) is 6.92 Å². The highest BCUT2D eigenvalue weighted by molar-refractivity contribution is 4.49. The molecule has 103 valence electrons. The number of hydrogen-bond acceptors (Lipinski definition) is 1. The van der Waals surface area contributed by atoms with Crippen LogP contribution in [0.2, 0.25) is 0 Å². The molecule has 0 saturated carbocycles. The van der Waals surface area contributed by atoms with Gasteiger partial charge in [0.05, 0.1) is 0 Å². The highest BCUT2D eigenvalue weighted by Gasteiger charge is 1.95. The molecule has 0 unspecified atom stereocenters. The van der Waals surface area contributed by atoms with Gasteiger partial charge in [-0.2, -0.15) is 0 Å². The van der Waals surface area contributed by atoms with Gasteiger partial charge >= 0.3 is 0 Å². The molecular formula is C16H33O. The van der Waals surface area contributed by atoms with E-state index in [1.54, 1.807) is 0 Å². The molecule has 1 radical (unpaired) electrons. The number of rotatable bonds is 13. The minimum absolute atomic E-state index is 0.829. The molecule has 0 rings (SSSR count). The van der Waals surface area contributed by atoms with Crippen LogP contribution in [-0.2, 0) is 4.74 Å². The van der Waals surface area contributed by atoms with Crippen LogP contribution in [0, 0.1) is 12.8 Å². The van der Waals surface area contributed by atoms with E-state index in [9.17, 15) is 0 Å². The Kier molecular flexibility index (Phi) is 14.0. The van der Waals surface area contributed by atoms with Crippen LogP contribution in [0.4, 0.5) is 0 Å². The van der Waals surface area contributed by atoms with Crippen LogP contribution in [0.5, 0.6) is 0 Å². The summed E-state index contributed by atoms with van der Waals surface area (Å²) in [7, 11) is 0. The van der Waals surface area contributed by atoms with Crippen molar-refractivity contribution in [3.63, 3.8) is 0 Å². The Morgan fingerprint density at radius 2 is 1.29 bits per heavy atom. The van der Waals surface area contributed by atoms with Crippen molar-refractivity contribution in [1.82, 2.24) is 0 Å². The van der Waals surface area contributed by atoms with Crippen LogP contribution >= 0.6 is 0 Å². The monoisotopic (exact) mass is 241 g/mol. The van der Waals surface area contributed by atoms with Gasteiger partial charge in [-0.25, -0.2) is 0 Å². The smallest absolute Gasteiger partial charge is 0.0466 e. The molecule has 0 aromatic carbocycles. The molecule has 0 aliphatic carbocycles. The van der Waals surface area contributed by atoms with Gasteiger partial charge in [-0.1, -0.05) is 72.1 Å². The lowest BCUT2D eigenvalue weighted by atomic mass is 10.0. The van der Waals surface area contributed by atoms with Crippen LogP contribution in [0.25, 0.3) is 0 Å². The first-order valence-corrected chi connectivity index (χ1v) is 7.64. The molecule has 1 heteroatoms. The largest absolute Gasteiger partial charge is 0.381 e. The van der Waals surface area contributed by atoms with E-state index in [2.05, 4.69) is 20.8 Å². The first kappa shape index (κ1) is 17.0. The Balaban J connectivity index is 2.89. The standard InChI is InChI=1S/C16H33O/c1-4-14-17-15-12-10-8-6-5-7-9-11-13-16(2)3/h16H,1,4-15H2,2-3H3. The second kappa shape index (κ2) is 14.0. The summed E-state index contributed by atoms with van der Waals surface area (Å²) >= 11 is 0. The normalized spacial score (nSPS) is 11.3. The lowest BCUT2D eigenvalue weighted by Gasteiger charge is -2.05. The maximum atomic E-state index is 5.40. The minimum atomic E-state index is 0.829. The third-order valence-electron chi connectivity index (χ3n) is 3.11. The summed E-state index contributed by atoms with van der Waals surface area (Å²) in [6.07, 6.45) is 13.4. The van der Waals surface area contributed by atoms with E-state index in [1.807, 2.05) is 0 Å². The Labute approximate surface area is 109 Å². The molecule has 0 amide bonds. The first-order chi connectivity index (χ1) is 8.27. The van der Waals surface area contributed by atoms with Crippen molar-refractivity contribution in [3.8, 4) is 0 Å². The van der Waals surface area contributed by atoms with Gasteiger partial charge in [-0.05, 0) is 18.8 Å². The third-order valence-corrected chi connectivity index (χ3v) is 3.11. The van der Waals surface area contributed by atoms with Crippen LogP contribution in [0.3, 0.4) is 0 Å². The van der Waals surface area contributed by atoms with E-state index < -0.39 is 0 Å². The molecule has 0 N–H and O–H groups in total. The Hall–Kier alpha value is -0.0400. The van der Waals surface area contributed by atoms with Gasteiger partial charge in [0.1, 0.15) is 0 Å². The van der Waals surface area contributed by atoms with E-state index in [-0.39, 0.29) is 0 Å². The second-order valence-corrected chi connectivity index (χ2v) is 5.48. The Morgan fingerprint density at radius 1 is 0.765 bits per heavy atom. The first-order valence-electron chi connectivity index (χ1n) is 7.64. The van der Waals surface area contributed by atoms with E-state index in [4.69, 9.17) is 4.74 Å². The molecule has 0 aromatic heterocycles. The summed E-state index contributed by atoms with van der Waals surface area (Å²) in [6, 6.07) is 0. The van der Waals surface area contributed by atoms with Crippen molar-refractivity contribution >= 4 is 0 Å². The van der Waals surface area contributed by atoms with Crippen LogP contribution in [0.15, 0.2) is 0 Å². The SMILES string of the molecule is [CH2]CCOCCCCCCCCCCC(C)C. The molecule has 17 heavy (non-hydrogen) atoms. The Bertz CT molecular complexity index is 131. The number of hydrogen-bond donors (Lipinski definition) is 0. The van der Waals surface area contributed by atoms with Gasteiger partial charge in [0.2, 0.25) is 0 Å². The van der Waals surface area contributed by atoms with Gasteiger partial charge in [0, 0.05) is 13.2 Å². The van der Waals surface area contributed by atoms with Crippen molar-refractivity contribution in [2.45, 2.75) is 78.1 Å². The zero-order valence-electron chi connectivity index (χ0n) is 12.2. The van der Waals surface area contributed by atoms with Crippen LogP contribution in [0.1, 0.15) is 78.1 Å². The number of ether oxygens (including phenoxy) is 1. The highest BCUT2D eigenvalue weighted by atomic mass is 16.5. The molecule has 1 nitrogen and oxygen atoms in total. The van der Waals surface area contributed by atoms with E-state index in [1.165, 1.54) is 57.8 Å².